The highest BCUT2D eigenvalue weighted by atomic mass is 16.7. The zero-order chi connectivity index (χ0) is 13.6. The Morgan fingerprint density at radius 2 is 2.06 bits per heavy atom. The largest absolute Gasteiger partial charge is 0.330 e. The van der Waals surface area contributed by atoms with E-state index in [1.54, 1.807) is 5.06 Å². The molecule has 1 aliphatic heterocycles. The topological polar surface area (TPSA) is 55.6 Å². The number of amides is 1. The Hall–Kier alpha value is -0.610. The lowest BCUT2D eigenvalue weighted by atomic mass is 9.76. The molecule has 1 unspecified atom stereocenters. The highest BCUT2D eigenvalue weighted by molar-refractivity contribution is 5.75. The second kappa shape index (κ2) is 7.10. The fourth-order valence-corrected chi connectivity index (χ4v) is 2.43. The quantitative estimate of drug-likeness (QED) is 0.821. The van der Waals surface area contributed by atoms with Gasteiger partial charge in [-0.25, -0.2) is 5.06 Å². The van der Waals surface area contributed by atoms with Crippen LogP contribution in [0.25, 0.3) is 0 Å². The van der Waals surface area contributed by atoms with E-state index in [0.29, 0.717) is 25.5 Å². The lowest BCUT2D eigenvalue weighted by molar-refractivity contribution is -0.197. The molecule has 0 bridgehead atoms. The maximum absolute atomic E-state index is 12.0. The molecule has 0 saturated carbocycles. The molecular formula is C14H28N2O2. The molecule has 1 amide bonds. The molecule has 4 heteroatoms. The highest BCUT2D eigenvalue weighted by Crippen LogP contribution is 2.32. The summed E-state index contributed by atoms with van der Waals surface area (Å²) in [6, 6.07) is 0. The molecule has 0 aliphatic carbocycles. The molecule has 4 nitrogen and oxygen atoms in total. The van der Waals surface area contributed by atoms with Crippen LogP contribution >= 0.6 is 0 Å². The van der Waals surface area contributed by atoms with Crippen molar-refractivity contribution in [1.82, 2.24) is 5.06 Å². The fraction of sp³-hybridized carbons (Fsp3) is 0.929. The van der Waals surface area contributed by atoms with Gasteiger partial charge in [-0.15, -0.1) is 0 Å². The number of nitrogens with two attached hydrogens (primary N) is 1. The van der Waals surface area contributed by atoms with E-state index >= 15 is 0 Å². The number of hydrogen-bond donors (Lipinski definition) is 1. The summed E-state index contributed by atoms with van der Waals surface area (Å²) in [7, 11) is 0. The van der Waals surface area contributed by atoms with Gasteiger partial charge in [0.1, 0.15) is 0 Å². The minimum Gasteiger partial charge on any atom is -0.330 e. The minimum atomic E-state index is 0.126. The van der Waals surface area contributed by atoms with E-state index < -0.39 is 0 Å². The van der Waals surface area contributed by atoms with Crippen LogP contribution in [0.15, 0.2) is 0 Å². The molecule has 0 aromatic rings. The maximum Gasteiger partial charge on any atom is 0.246 e. The number of hydrogen-bond acceptors (Lipinski definition) is 3. The van der Waals surface area contributed by atoms with Crippen LogP contribution in [0.2, 0.25) is 0 Å². The van der Waals surface area contributed by atoms with Gasteiger partial charge in [0, 0.05) is 13.0 Å². The lowest BCUT2D eigenvalue weighted by Gasteiger charge is -2.31. The van der Waals surface area contributed by atoms with E-state index in [0.717, 1.165) is 32.2 Å². The second-order valence-corrected chi connectivity index (χ2v) is 6.22. The van der Waals surface area contributed by atoms with Crippen molar-refractivity contribution >= 4 is 5.91 Å². The molecule has 18 heavy (non-hydrogen) atoms. The van der Waals surface area contributed by atoms with Crippen LogP contribution in [0, 0.1) is 11.3 Å². The average molecular weight is 256 g/mol. The van der Waals surface area contributed by atoms with E-state index in [-0.39, 0.29) is 11.3 Å². The first-order chi connectivity index (χ1) is 8.45. The van der Waals surface area contributed by atoms with Crippen LogP contribution in [0.1, 0.15) is 52.9 Å². The molecule has 0 spiro atoms. The smallest absolute Gasteiger partial charge is 0.246 e. The van der Waals surface area contributed by atoms with E-state index in [4.69, 9.17) is 10.6 Å². The van der Waals surface area contributed by atoms with E-state index in [2.05, 4.69) is 20.8 Å². The first kappa shape index (κ1) is 15.4. The number of carbonyl (C=O) groups is 1. The summed E-state index contributed by atoms with van der Waals surface area (Å²) in [4.78, 5) is 17.4. The van der Waals surface area contributed by atoms with Gasteiger partial charge in [0.15, 0.2) is 0 Å². The Kier molecular flexibility index (Phi) is 6.09. The zero-order valence-electron chi connectivity index (χ0n) is 12.1. The van der Waals surface area contributed by atoms with Crippen molar-refractivity contribution in [3.63, 3.8) is 0 Å². The SMILES string of the molecule is CC(C)(C)C(CCN)CCC(=O)N1CCCCO1. The summed E-state index contributed by atoms with van der Waals surface area (Å²) >= 11 is 0. The number of nitrogens with zero attached hydrogens (tertiary/aromatic N) is 1. The Balaban J connectivity index is 2.38. The maximum atomic E-state index is 12.0. The molecule has 0 aromatic carbocycles. The van der Waals surface area contributed by atoms with Crippen LogP contribution in [-0.2, 0) is 9.63 Å². The Labute approximate surface area is 111 Å². The monoisotopic (exact) mass is 256 g/mol. The van der Waals surface area contributed by atoms with Crippen molar-refractivity contribution in [1.29, 1.82) is 0 Å². The van der Waals surface area contributed by atoms with Gasteiger partial charge in [-0.2, -0.15) is 0 Å². The Morgan fingerprint density at radius 1 is 1.33 bits per heavy atom. The van der Waals surface area contributed by atoms with Crippen LogP contribution < -0.4 is 5.73 Å². The van der Waals surface area contributed by atoms with Crippen LogP contribution in [0.5, 0.6) is 0 Å². The molecule has 1 rings (SSSR count). The van der Waals surface area contributed by atoms with Gasteiger partial charge in [0.2, 0.25) is 5.91 Å². The van der Waals surface area contributed by atoms with Crippen molar-refractivity contribution in [2.24, 2.45) is 17.1 Å². The molecule has 0 radical (unpaired) electrons. The summed E-state index contributed by atoms with van der Waals surface area (Å²) < 4.78 is 0. The first-order valence-electron chi connectivity index (χ1n) is 7.08. The number of hydroxylamine groups is 2. The molecule has 1 saturated heterocycles. The molecule has 106 valence electrons. The van der Waals surface area contributed by atoms with Gasteiger partial charge >= 0.3 is 0 Å². The van der Waals surface area contributed by atoms with Crippen LogP contribution in [0.4, 0.5) is 0 Å². The standard InChI is InChI=1S/C14H28N2O2/c1-14(2,3)12(8-9-15)6-7-13(17)16-10-4-5-11-18-16/h12H,4-11,15H2,1-3H3. The van der Waals surface area contributed by atoms with Gasteiger partial charge in [0.05, 0.1) is 6.61 Å². The normalized spacial score (nSPS) is 18.8. The third-order valence-corrected chi connectivity index (χ3v) is 3.73. The van der Waals surface area contributed by atoms with Crippen molar-refractivity contribution < 1.29 is 9.63 Å². The van der Waals surface area contributed by atoms with E-state index in [1.807, 2.05) is 0 Å². The number of carbonyl (C=O) groups excluding carboxylic acids is 1. The third-order valence-electron chi connectivity index (χ3n) is 3.73. The van der Waals surface area contributed by atoms with Crippen LogP contribution in [0.3, 0.4) is 0 Å². The van der Waals surface area contributed by atoms with Crippen molar-refractivity contribution in [2.75, 3.05) is 19.7 Å². The van der Waals surface area contributed by atoms with Crippen molar-refractivity contribution in [3.8, 4) is 0 Å². The fourth-order valence-electron chi connectivity index (χ4n) is 2.43. The summed E-state index contributed by atoms with van der Waals surface area (Å²) in [5.74, 6) is 0.622. The molecule has 0 aromatic heterocycles. The molecule has 1 heterocycles. The van der Waals surface area contributed by atoms with Gasteiger partial charge in [-0.3, -0.25) is 9.63 Å². The summed E-state index contributed by atoms with van der Waals surface area (Å²) in [6.07, 6.45) is 4.57. The lowest BCUT2D eigenvalue weighted by Crippen LogP contribution is -2.36. The summed E-state index contributed by atoms with van der Waals surface area (Å²) in [5, 5.41) is 1.55. The number of rotatable bonds is 5. The average Bonchev–Trinajstić information content (AvgIpc) is 2.33. The Morgan fingerprint density at radius 3 is 2.56 bits per heavy atom. The zero-order valence-corrected chi connectivity index (χ0v) is 12.1. The molecule has 1 aliphatic rings. The van der Waals surface area contributed by atoms with Gasteiger partial charge < -0.3 is 5.73 Å². The third kappa shape index (κ3) is 4.94. The molecular weight excluding hydrogens is 228 g/mol. The second-order valence-electron chi connectivity index (χ2n) is 6.22. The summed E-state index contributed by atoms with van der Waals surface area (Å²) in [6.45, 7) is 8.77. The minimum absolute atomic E-state index is 0.126. The van der Waals surface area contributed by atoms with Gasteiger partial charge in [-0.1, -0.05) is 20.8 Å². The van der Waals surface area contributed by atoms with Gasteiger partial charge in [-0.05, 0) is 43.6 Å². The first-order valence-corrected chi connectivity index (χ1v) is 7.08. The van der Waals surface area contributed by atoms with Crippen molar-refractivity contribution in [2.45, 2.75) is 52.9 Å². The molecule has 2 N–H and O–H groups in total. The predicted molar refractivity (Wildman–Crippen MR) is 72.7 cm³/mol. The van der Waals surface area contributed by atoms with Crippen molar-refractivity contribution in [3.05, 3.63) is 0 Å². The van der Waals surface area contributed by atoms with Gasteiger partial charge in [0.25, 0.3) is 0 Å². The summed E-state index contributed by atoms with van der Waals surface area (Å²) in [5.41, 5.74) is 5.87. The molecule has 1 fully saturated rings. The van der Waals surface area contributed by atoms with Crippen LogP contribution in [-0.4, -0.2) is 30.7 Å². The Bertz CT molecular complexity index is 255. The van der Waals surface area contributed by atoms with E-state index in [1.165, 1.54) is 0 Å². The highest BCUT2D eigenvalue weighted by Gasteiger charge is 2.26. The predicted octanol–water partition coefficient (Wildman–Crippen LogP) is 2.33. The van der Waals surface area contributed by atoms with E-state index in [9.17, 15) is 4.79 Å². The molecule has 1 atom stereocenters.